The second kappa shape index (κ2) is 10.0. The molecule has 0 aliphatic carbocycles. The van der Waals surface area contributed by atoms with Gasteiger partial charge >= 0.3 is 0 Å². The molecule has 5 aromatic carbocycles. The van der Waals surface area contributed by atoms with E-state index in [9.17, 15) is 2.74 Å². The van der Waals surface area contributed by atoms with Crippen LogP contribution in [0.15, 0.2) is 101 Å². The zero-order chi connectivity index (χ0) is 31.0. The third kappa shape index (κ3) is 4.15. The minimum absolute atomic E-state index is 0.729. The van der Waals surface area contributed by atoms with E-state index in [2.05, 4.69) is 79.1 Å². The highest BCUT2D eigenvalue weighted by Gasteiger charge is 2.25. The van der Waals surface area contributed by atoms with Gasteiger partial charge in [0.25, 0.3) is 0 Å². The fraction of sp³-hybridized carbons (Fsp3) is 0.205. The number of para-hydroxylation sites is 3. The molecule has 0 aliphatic rings. The number of hydrogen-bond donors (Lipinski definition) is 0. The Labute approximate surface area is 250 Å². The second-order valence-electron chi connectivity index (χ2n) is 11.8. The summed E-state index contributed by atoms with van der Waals surface area (Å²) in [5, 5.41) is 2.13. The van der Waals surface area contributed by atoms with E-state index in [0.717, 1.165) is 72.3 Å². The van der Waals surface area contributed by atoms with Gasteiger partial charge in [0, 0.05) is 13.5 Å². The molecule has 0 fully saturated rings. The summed E-state index contributed by atoms with van der Waals surface area (Å²) in [4.78, 5) is 5.22. The van der Waals surface area contributed by atoms with Crippen LogP contribution in [0.4, 0.5) is 0 Å². The Bertz CT molecular complexity index is 2170. The maximum Gasteiger partial charge on any atom is 0.149 e. The molecule has 42 heavy (non-hydrogen) atoms. The van der Waals surface area contributed by atoms with Crippen molar-refractivity contribution in [2.24, 2.45) is 0 Å². The molecule has 0 N–H and O–H groups in total. The lowest BCUT2D eigenvalue weighted by Gasteiger charge is -2.24. The van der Waals surface area contributed by atoms with Crippen molar-refractivity contribution in [3.8, 4) is 28.2 Å². The molecule has 0 aliphatic heterocycles. The van der Waals surface area contributed by atoms with Crippen LogP contribution in [0.3, 0.4) is 0 Å². The molecule has 2 aromatic heterocycles. The highest BCUT2D eigenvalue weighted by atomic mass is 16.3. The first-order valence-electron chi connectivity index (χ1n) is 15.6. The van der Waals surface area contributed by atoms with Crippen molar-refractivity contribution in [3.63, 3.8) is 0 Å². The lowest BCUT2D eigenvalue weighted by molar-refractivity contribution is 0.669. The number of benzene rings is 5. The van der Waals surface area contributed by atoms with Crippen molar-refractivity contribution in [2.45, 2.75) is 53.3 Å². The van der Waals surface area contributed by atoms with E-state index in [1.165, 1.54) is 11.1 Å². The number of rotatable bonds is 5. The van der Waals surface area contributed by atoms with Crippen LogP contribution in [0.5, 0.6) is 0 Å². The quantitative estimate of drug-likeness (QED) is 0.213. The van der Waals surface area contributed by atoms with Gasteiger partial charge in [0.2, 0.25) is 0 Å². The van der Waals surface area contributed by atoms with Crippen LogP contribution in [-0.4, -0.2) is 9.55 Å². The first kappa shape index (κ1) is 24.0. The van der Waals surface area contributed by atoms with Crippen molar-refractivity contribution < 1.29 is 7.16 Å². The molecule has 2 heterocycles. The minimum atomic E-state index is -0.969. The molecule has 0 bridgehead atoms. The number of hydrogen-bond acceptors (Lipinski definition) is 2. The average molecular weight is 551 g/mol. The fourth-order valence-corrected chi connectivity index (χ4v) is 6.10. The van der Waals surface area contributed by atoms with Gasteiger partial charge in [0.05, 0.1) is 22.3 Å². The van der Waals surface area contributed by atoms with Gasteiger partial charge in [-0.2, -0.15) is 0 Å². The molecule has 7 aromatic rings. The topological polar surface area (TPSA) is 31.0 Å². The van der Waals surface area contributed by atoms with Gasteiger partial charge in [0.15, 0.2) is 0 Å². The molecule has 3 heteroatoms. The molecule has 208 valence electrons. The summed E-state index contributed by atoms with van der Waals surface area (Å²) >= 11 is 0. The summed E-state index contributed by atoms with van der Waals surface area (Å²) < 4.78 is 27.6. The van der Waals surface area contributed by atoms with Gasteiger partial charge in [-0.05, 0) is 101 Å². The van der Waals surface area contributed by atoms with E-state index in [1.54, 1.807) is 0 Å². The molecular weight excluding hydrogens is 512 g/mol. The minimum Gasteiger partial charge on any atom is -0.455 e. The maximum absolute atomic E-state index is 9.39. The zero-order valence-electron chi connectivity index (χ0n) is 27.0. The summed E-state index contributed by atoms with van der Waals surface area (Å²) in [6, 6.07) is 33.1. The number of furan rings is 1. The number of fused-ring (bicyclic) bond motifs is 4. The number of aryl methyl sites for hydroxylation is 2. The normalized spacial score (nSPS) is 13.2. The average Bonchev–Trinajstić information content (AvgIpc) is 3.54. The van der Waals surface area contributed by atoms with Crippen LogP contribution in [0, 0.1) is 13.8 Å². The van der Waals surface area contributed by atoms with E-state index >= 15 is 0 Å². The molecule has 0 atom stereocenters. The highest BCUT2D eigenvalue weighted by molar-refractivity contribution is 6.10. The molecule has 0 saturated carbocycles. The van der Waals surface area contributed by atoms with Crippen molar-refractivity contribution in [3.05, 3.63) is 119 Å². The molecule has 0 saturated heterocycles. The van der Waals surface area contributed by atoms with Gasteiger partial charge < -0.3 is 4.42 Å². The van der Waals surface area contributed by atoms with Crippen molar-refractivity contribution in [1.29, 1.82) is 0 Å². The van der Waals surface area contributed by atoms with E-state index in [4.69, 9.17) is 9.40 Å². The second-order valence-corrected chi connectivity index (χ2v) is 11.8. The van der Waals surface area contributed by atoms with Crippen LogP contribution in [0.2, 0.25) is 0 Å². The van der Waals surface area contributed by atoms with Gasteiger partial charge in [0.1, 0.15) is 17.0 Å². The largest absolute Gasteiger partial charge is 0.455 e. The molecular formula is C39H36N2O. The first-order valence-corrected chi connectivity index (χ1v) is 14.6. The summed E-state index contributed by atoms with van der Waals surface area (Å²) in [6.07, 6.45) is 0. The van der Waals surface area contributed by atoms with E-state index in [0.29, 0.717) is 0 Å². The highest BCUT2D eigenvalue weighted by Crippen LogP contribution is 2.42. The SMILES string of the molecule is [2H]C(C)(C)c1cc(-c2ccccc2)cc(C([2H])(C)C)c1-n1c(-c2cccc3c2oc2cc(C)c(C)cc23)nc2ccccc21. The van der Waals surface area contributed by atoms with Gasteiger partial charge in [-0.25, -0.2) is 4.98 Å². The molecule has 0 radical (unpaired) electrons. The third-order valence-corrected chi connectivity index (χ3v) is 8.43. The van der Waals surface area contributed by atoms with Gasteiger partial charge in [-0.1, -0.05) is 82.3 Å². The van der Waals surface area contributed by atoms with E-state index < -0.39 is 11.8 Å². The summed E-state index contributed by atoms with van der Waals surface area (Å²) in [5.74, 6) is -1.21. The van der Waals surface area contributed by atoms with Crippen LogP contribution >= 0.6 is 0 Å². The predicted octanol–water partition coefficient (Wildman–Crippen LogP) is 11.1. The van der Waals surface area contributed by atoms with Gasteiger partial charge in [-0.15, -0.1) is 0 Å². The molecule has 7 rings (SSSR count). The zero-order valence-corrected chi connectivity index (χ0v) is 25.0. The Hall–Kier alpha value is -4.63. The maximum atomic E-state index is 9.39. The Kier molecular flexibility index (Phi) is 5.73. The summed E-state index contributed by atoms with van der Waals surface area (Å²) in [6.45, 7) is 11.9. The first-order chi connectivity index (χ1) is 20.9. The number of nitrogens with zero attached hydrogens (tertiary/aromatic N) is 2. The van der Waals surface area contributed by atoms with E-state index in [1.807, 2.05) is 64.1 Å². The molecule has 0 amide bonds. The van der Waals surface area contributed by atoms with Gasteiger partial charge in [-0.3, -0.25) is 4.57 Å². The molecule has 0 unspecified atom stereocenters. The smallest absolute Gasteiger partial charge is 0.149 e. The monoisotopic (exact) mass is 550 g/mol. The van der Waals surface area contributed by atoms with Crippen LogP contribution in [0.1, 0.15) is 64.5 Å². The number of aromatic nitrogens is 2. The molecule has 3 nitrogen and oxygen atoms in total. The van der Waals surface area contributed by atoms with Crippen LogP contribution in [0.25, 0.3) is 61.2 Å². The number of imidazole rings is 1. The summed E-state index contributed by atoms with van der Waals surface area (Å²) in [7, 11) is 0. The fourth-order valence-electron chi connectivity index (χ4n) is 6.10. The lowest BCUT2D eigenvalue weighted by Crippen LogP contribution is -2.09. The molecule has 0 spiro atoms. The standard InChI is InChI=1S/C39H36N2O/c1-23(2)31-21-28(27-13-8-7-9-14-27)22-32(24(3)4)37(31)41-35-18-11-10-17-34(35)40-39(41)30-16-12-15-29-33-19-25(5)26(6)20-36(33)42-38(29)30/h7-24H,1-6H3/i23D,24D. The lowest BCUT2D eigenvalue weighted by atomic mass is 9.88. The van der Waals surface area contributed by atoms with Crippen molar-refractivity contribution in [1.82, 2.24) is 9.55 Å². The van der Waals surface area contributed by atoms with E-state index in [-0.39, 0.29) is 0 Å². The Balaban J connectivity index is 1.63. The summed E-state index contributed by atoms with van der Waals surface area (Å²) in [5.41, 5.74) is 11.2. The predicted molar refractivity (Wildman–Crippen MR) is 177 cm³/mol. The Morgan fingerprint density at radius 1 is 0.690 bits per heavy atom. The van der Waals surface area contributed by atoms with Crippen LogP contribution in [-0.2, 0) is 0 Å². The van der Waals surface area contributed by atoms with Crippen LogP contribution < -0.4 is 0 Å². The Morgan fingerprint density at radius 2 is 1.36 bits per heavy atom. The van der Waals surface area contributed by atoms with Crippen molar-refractivity contribution >= 4 is 33.0 Å². The van der Waals surface area contributed by atoms with Crippen molar-refractivity contribution in [2.75, 3.05) is 0 Å². The third-order valence-electron chi connectivity index (χ3n) is 8.43. The Morgan fingerprint density at radius 3 is 2.07 bits per heavy atom.